The first-order valence-corrected chi connectivity index (χ1v) is 9.01. The maximum absolute atomic E-state index is 10.8. The number of Topliss-reactive ketones (excluding diaryl/α,β-unsaturated/α-hetero) is 1. The molecule has 0 aliphatic heterocycles. The summed E-state index contributed by atoms with van der Waals surface area (Å²) in [4.78, 5) is 10.8. The first-order chi connectivity index (χ1) is 10.8. The quantitative estimate of drug-likeness (QED) is 0.487. The maximum atomic E-state index is 10.8. The highest BCUT2D eigenvalue weighted by Crippen LogP contribution is 2.13. The zero-order chi connectivity index (χ0) is 15.9. The van der Waals surface area contributed by atoms with Crippen molar-refractivity contribution in [2.24, 2.45) is 0 Å². The summed E-state index contributed by atoms with van der Waals surface area (Å²) in [5, 5.41) is 14.0. The van der Waals surface area contributed by atoms with Crippen LogP contribution in [0.1, 0.15) is 96.2 Å². The fourth-order valence-electron chi connectivity index (χ4n) is 2.71. The normalized spacial score (nSPS) is 11.0. The third kappa shape index (κ3) is 11.4. The molecule has 5 nitrogen and oxygen atoms in total. The first-order valence-electron chi connectivity index (χ1n) is 9.01. The van der Waals surface area contributed by atoms with Crippen molar-refractivity contribution < 1.29 is 4.79 Å². The van der Waals surface area contributed by atoms with Crippen LogP contribution < -0.4 is 0 Å². The van der Waals surface area contributed by atoms with Gasteiger partial charge in [0, 0.05) is 12.8 Å². The molecule has 0 radical (unpaired) electrons. The summed E-state index contributed by atoms with van der Waals surface area (Å²) >= 11 is 0. The number of aryl methyl sites for hydroxylation is 1. The van der Waals surface area contributed by atoms with E-state index >= 15 is 0 Å². The molecule has 0 atom stereocenters. The van der Waals surface area contributed by atoms with Crippen LogP contribution in [0.3, 0.4) is 0 Å². The van der Waals surface area contributed by atoms with Gasteiger partial charge in [0.2, 0.25) is 0 Å². The van der Waals surface area contributed by atoms with Crippen molar-refractivity contribution in [3.05, 3.63) is 5.82 Å². The molecule has 22 heavy (non-hydrogen) atoms. The van der Waals surface area contributed by atoms with E-state index in [1.165, 1.54) is 70.6 Å². The molecule has 126 valence electrons. The minimum absolute atomic E-state index is 0.331. The predicted molar refractivity (Wildman–Crippen MR) is 88.6 cm³/mol. The second kappa shape index (κ2) is 13.4. The minimum atomic E-state index is 0.331. The minimum Gasteiger partial charge on any atom is -0.300 e. The molecule has 1 heterocycles. The fourth-order valence-corrected chi connectivity index (χ4v) is 2.71. The highest BCUT2D eigenvalue weighted by Gasteiger charge is 1.98. The van der Waals surface area contributed by atoms with Gasteiger partial charge < -0.3 is 4.79 Å². The number of H-pyrrole nitrogens is 1. The highest BCUT2D eigenvalue weighted by atomic mass is 16.1. The Bertz CT molecular complexity index is 365. The van der Waals surface area contributed by atoms with Gasteiger partial charge in [-0.25, -0.2) is 0 Å². The van der Waals surface area contributed by atoms with Gasteiger partial charge in [-0.1, -0.05) is 69.4 Å². The lowest BCUT2D eigenvalue weighted by molar-refractivity contribution is -0.117. The van der Waals surface area contributed by atoms with E-state index in [0.717, 1.165) is 25.1 Å². The van der Waals surface area contributed by atoms with E-state index in [0.29, 0.717) is 5.78 Å². The number of ketones is 1. The van der Waals surface area contributed by atoms with Gasteiger partial charge in [0.1, 0.15) is 5.78 Å². The smallest absolute Gasteiger partial charge is 0.174 e. The van der Waals surface area contributed by atoms with Gasteiger partial charge in [-0.3, -0.25) is 0 Å². The number of rotatable bonds is 15. The van der Waals surface area contributed by atoms with Crippen molar-refractivity contribution >= 4 is 5.78 Å². The Morgan fingerprint density at radius 1 is 0.818 bits per heavy atom. The fraction of sp³-hybridized carbons (Fsp3) is 0.882. The highest BCUT2D eigenvalue weighted by molar-refractivity contribution is 5.75. The Morgan fingerprint density at radius 2 is 1.32 bits per heavy atom. The van der Waals surface area contributed by atoms with Crippen molar-refractivity contribution in [2.45, 2.75) is 96.8 Å². The van der Waals surface area contributed by atoms with Gasteiger partial charge in [-0.2, -0.15) is 5.21 Å². The molecule has 0 unspecified atom stereocenters. The average Bonchev–Trinajstić information content (AvgIpc) is 3.00. The summed E-state index contributed by atoms with van der Waals surface area (Å²) in [7, 11) is 0. The van der Waals surface area contributed by atoms with E-state index in [1.54, 1.807) is 6.92 Å². The third-order valence-corrected chi connectivity index (χ3v) is 4.07. The number of carbonyl (C=O) groups excluding carboxylic acids is 1. The standard InChI is InChI=1S/C17H32N4O/c1-16(22)14-12-10-8-6-4-2-3-5-7-9-11-13-15-17-18-20-21-19-17/h2-15H2,1H3,(H,18,19,20,21). The number of hydrogen-bond donors (Lipinski definition) is 1. The topological polar surface area (TPSA) is 71.5 Å². The van der Waals surface area contributed by atoms with E-state index in [-0.39, 0.29) is 0 Å². The molecule has 5 heteroatoms. The number of nitrogens with one attached hydrogen (secondary N) is 1. The molecule has 1 N–H and O–H groups in total. The molecule has 0 saturated heterocycles. The van der Waals surface area contributed by atoms with Crippen LogP contribution in [0.25, 0.3) is 0 Å². The maximum Gasteiger partial charge on any atom is 0.174 e. The molecule has 0 amide bonds. The lowest BCUT2D eigenvalue weighted by Gasteiger charge is -2.02. The number of aromatic amines is 1. The molecule has 1 rings (SSSR count). The summed E-state index contributed by atoms with van der Waals surface area (Å²) in [6, 6.07) is 0. The van der Waals surface area contributed by atoms with Crippen LogP contribution in [-0.4, -0.2) is 26.4 Å². The Kier molecular flexibility index (Phi) is 11.4. The van der Waals surface area contributed by atoms with Crippen molar-refractivity contribution in [3.63, 3.8) is 0 Å². The van der Waals surface area contributed by atoms with Crippen LogP contribution in [0, 0.1) is 0 Å². The van der Waals surface area contributed by atoms with Gasteiger partial charge in [-0.15, -0.1) is 10.2 Å². The second-order valence-electron chi connectivity index (χ2n) is 6.27. The summed E-state index contributed by atoms with van der Waals surface area (Å²) in [6.45, 7) is 1.69. The van der Waals surface area contributed by atoms with E-state index in [9.17, 15) is 4.79 Å². The zero-order valence-corrected chi connectivity index (χ0v) is 14.1. The van der Waals surface area contributed by atoms with Crippen LogP contribution in [0.4, 0.5) is 0 Å². The molecule has 0 saturated carbocycles. The molecule has 0 spiro atoms. The third-order valence-electron chi connectivity index (χ3n) is 4.07. The Morgan fingerprint density at radius 3 is 1.77 bits per heavy atom. The number of hydrogen-bond acceptors (Lipinski definition) is 4. The molecule has 0 aliphatic rings. The molecular formula is C17H32N4O. The van der Waals surface area contributed by atoms with Crippen molar-refractivity contribution in [1.82, 2.24) is 20.6 Å². The molecule has 1 aromatic heterocycles. The van der Waals surface area contributed by atoms with Gasteiger partial charge in [0.25, 0.3) is 0 Å². The van der Waals surface area contributed by atoms with Gasteiger partial charge in [0.05, 0.1) is 0 Å². The molecular weight excluding hydrogens is 276 g/mol. The number of tetrazole rings is 1. The lowest BCUT2D eigenvalue weighted by Crippen LogP contribution is -1.89. The average molecular weight is 308 g/mol. The van der Waals surface area contributed by atoms with Crippen LogP contribution in [0.5, 0.6) is 0 Å². The summed E-state index contributed by atoms with van der Waals surface area (Å²) < 4.78 is 0. The van der Waals surface area contributed by atoms with Crippen LogP contribution in [0.2, 0.25) is 0 Å². The van der Waals surface area contributed by atoms with Gasteiger partial charge >= 0.3 is 0 Å². The van der Waals surface area contributed by atoms with Crippen molar-refractivity contribution in [1.29, 1.82) is 0 Å². The van der Waals surface area contributed by atoms with Gasteiger partial charge in [0.15, 0.2) is 5.82 Å². The summed E-state index contributed by atoms with van der Waals surface area (Å²) in [5.41, 5.74) is 0. The molecule has 0 aromatic carbocycles. The second-order valence-corrected chi connectivity index (χ2v) is 6.27. The lowest BCUT2D eigenvalue weighted by atomic mass is 10.0. The zero-order valence-electron chi connectivity index (χ0n) is 14.1. The molecule has 0 aliphatic carbocycles. The Labute approximate surface area is 134 Å². The van der Waals surface area contributed by atoms with Gasteiger partial charge in [-0.05, 0) is 19.8 Å². The number of unbranched alkanes of at least 4 members (excludes halogenated alkanes) is 11. The van der Waals surface area contributed by atoms with E-state index < -0.39 is 0 Å². The Balaban J connectivity index is 1.70. The Hall–Kier alpha value is -1.26. The van der Waals surface area contributed by atoms with Crippen molar-refractivity contribution in [3.8, 4) is 0 Å². The number of carbonyl (C=O) groups is 1. The predicted octanol–water partition coefficient (Wildman–Crippen LogP) is 4.40. The van der Waals surface area contributed by atoms with E-state index in [1.807, 2.05) is 0 Å². The van der Waals surface area contributed by atoms with Crippen molar-refractivity contribution in [2.75, 3.05) is 0 Å². The largest absolute Gasteiger partial charge is 0.300 e. The number of nitrogens with zero attached hydrogens (tertiary/aromatic N) is 3. The van der Waals surface area contributed by atoms with E-state index in [2.05, 4.69) is 20.6 Å². The number of aromatic nitrogens is 4. The van der Waals surface area contributed by atoms with E-state index in [4.69, 9.17) is 0 Å². The van der Waals surface area contributed by atoms with Crippen LogP contribution in [-0.2, 0) is 11.2 Å². The van der Waals surface area contributed by atoms with Crippen LogP contribution >= 0.6 is 0 Å². The molecule has 1 aromatic rings. The summed E-state index contributed by atoms with van der Waals surface area (Å²) in [6.07, 6.45) is 17.2. The monoisotopic (exact) mass is 308 g/mol. The molecule has 0 fully saturated rings. The first kappa shape index (κ1) is 18.8. The summed E-state index contributed by atoms with van der Waals surface area (Å²) in [5.74, 6) is 1.17. The SMILES string of the molecule is CC(=O)CCCCCCCCCCCCCCc1nn[nH]n1. The molecule has 0 bridgehead atoms. The van der Waals surface area contributed by atoms with Crippen LogP contribution in [0.15, 0.2) is 0 Å².